The van der Waals surface area contributed by atoms with Crippen LogP contribution in [0.3, 0.4) is 0 Å². The van der Waals surface area contributed by atoms with Crippen LogP contribution in [0.1, 0.15) is 5.56 Å². The van der Waals surface area contributed by atoms with E-state index >= 15 is 0 Å². The maximum atomic E-state index is 11.4. The normalized spacial score (nSPS) is 10.2. The first-order chi connectivity index (χ1) is 8.02. The van der Waals surface area contributed by atoms with Gasteiger partial charge in [-0.1, -0.05) is 6.07 Å². The standard InChI is InChI=1S/C12H13NO4/c1-8-3-4-10(17-2)9(7-8)13-11(14)5-6-12(15)16/h3-7H,1-2H3,(H,13,14)(H,15,16)/p-1/b6-5-. The van der Waals surface area contributed by atoms with E-state index in [9.17, 15) is 14.7 Å². The topological polar surface area (TPSA) is 78.5 Å². The second-order valence-electron chi connectivity index (χ2n) is 3.35. The van der Waals surface area contributed by atoms with Crippen LogP contribution in [-0.4, -0.2) is 19.0 Å². The lowest BCUT2D eigenvalue weighted by Crippen LogP contribution is -2.20. The molecular formula is C12H12NO4-. The third-order valence-corrected chi connectivity index (χ3v) is 1.98. The Labute approximate surface area is 98.7 Å². The molecule has 0 aliphatic carbocycles. The van der Waals surface area contributed by atoms with Gasteiger partial charge in [0.05, 0.1) is 18.8 Å². The van der Waals surface area contributed by atoms with E-state index in [1.54, 1.807) is 12.1 Å². The van der Waals surface area contributed by atoms with Crippen molar-refractivity contribution in [2.75, 3.05) is 12.4 Å². The minimum absolute atomic E-state index is 0.487. The summed E-state index contributed by atoms with van der Waals surface area (Å²) >= 11 is 0. The molecule has 1 aromatic carbocycles. The predicted octanol–water partition coefficient (Wildman–Crippen LogP) is 0.248. The molecule has 0 radical (unpaired) electrons. The number of ether oxygens (including phenoxy) is 1. The number of hydrogen-bond donors (Lipinski definition) is 1. The Balaban J connectivity index is 2.83. The zero-order chi connectivity index (χ0) is 12.8. The minimum atomic E-state index is -1.42. The van der Waals surface area contributed by atoms with Gasteiger partial charge in [-0.15, -0.1) is 0 Å². The SMILES string of the molecule is COc1ccc(C)cc1NC(=O)/C=C\C(=O)[O-]. The molecule has 1 N–H and O–H groups in total. The third kappa shape index (κ3) is 3.98. The first-order valence-electron chi connectivity index (χ1n) is 4.87. The van der Waals surface area contributed by atoms with Gasteiger partial charge in [0.15, 0.2) is 0 Å². The van der Waals surface area contributed by atoms with Crippen molar-refractivity contribution in [2.24, 2.45) is 0 Å². The molecule has 0 spiro atoms. The van der Waals surface area contributed by atoms with Crippen molar-refractivity contribution >= 4 is 17.6 Å². The van der Waals surface area contributed by atoms with E-state index in [1.807, 2.05) is 13.0 Å². The first-order valence-corrected chi connectivity index (χ1v) is 4.87. The van der Waals surface area contributed by atoms with E-state index in [0.717, 1.165) is 11.6 Å². The van der Waals surface area contributed by atoms with Crippen LogP contribution in [-0.2, 0) is 9.59 Å². The van der Waals surface area contributed by atoms with E-state index in [1.165, 1.54) is 7.11 Å². The Morgan fingerprint density at radius 1 is 1.35 bits per heavy atom. The first kappa shape index (κ1) is 12.8. The summed E-state index contributed by atoms with van der Waals surface area (Å²) < 4.78 is 5.06. The summed E-state index contributed by atoms with van der Waals surface area (Å²) in [5.74, 6) is -1.47. The molecule has 0 heterocycles. The summed E-state index contributed by atoms with van der Waals surface area (Å²) in [4.78, 5) is 21.5. The smallest absolute Gasteiger partial charge is 0.248 e. The number of anilines is 1. The van der Waals surface area contributed by atoms with Gasteiger partial charge in [0, 0.05) is 6.08 Å². The molecule has 0 atom stereocenters. The molecule has 0 aliphatic heterocycles. The number of methoxy groups -OCH3 is 1. The van der Waals surface area contributed by atoms with Gasteiger partial charge in [0.1, 0.15) is 5.75 Å². The molecule has 1 amide bonds. The molecule has 0 bridgehead atoms. The zero-order valence-corrected chi connectivity index (χ0v) is 9.52. The van der Waals surface area contributed by atoms with E-state index in [-0.39, 0.29) is 0 Å². The number of carbonyl (C=O) groups is 2. The Kier molecular flexibility index (Phi) is 4.28. The van der Waals surface area contributed by atoms with Gasteiger partial charge in [-0.25, -0.2) is 0 Å². The molecule has 0 saturated heterocycles. The van der Waals surface area contributed by atoms with E-state index in [4.69, 9.17) is 4.74 Å². The molecule has 0 unspecified atom stereocenters. The van der Waals surface area contributed by atoms with E-state index in [2.05, 4.69) is 5.32 Å². The number of hydrogen-bond acceptors (Lipinski definition) is 4. The van der Waals surface area contributed by atoms with E-state index < -0.39 is 11.9 Å². The van der Waals surface area contributed by atoms with Crippen LogP contribution < -0.4 is 15.2 Å². The molecule has 0 fully saturated rings. The Morgan fingerprint density at radius 2 is 2.06 bits per heavy atom. The lowest BCUT2D eigenvalue weighted by atomic mass is 10.2. The monoisotopic (exact) mass is 234 g/mol. The number of aliphatic carboxylic acids is 1. The highest BCUT2D eigenvalue weighted by atomic mass is 16.5. The number of amides is 1. The van der Waals surface area contributed by atoms with Crippen molar-refractivity contribution in [3.05, 3.63) is 35.9 Å². The second-order valence-corrected chi connectivity index (χ2v) is 3.35. The minimum Gasteiger partial charge on any atom is -0.545 e. The van der Waals surface area contributed by atoms with Crippen LogP contribution >= 0.6 is 0 Å². The van der Waals surface area contributed by atoms with Crippen LogP contribution in [0.4, 0.5) is 5.69 Å². The van der Waals surface area contributed by atoms with Gasteiger partial charge in [-0.3, -0.25) is 4.79 Å². The fraction of sp³-hybridized carbons (Fsp3) is 0.167. The molecule has 5 heteroatoms. The predicted molar refractivity (Wildman–Crippen MR) is 60.5 cm³/mol. The van der Waals surface area contributed by atoms with Gasteiger partial charge in [0.25, 0.3) is 0 Å². The molecule has 1 rings (SSSR count). The van der Waals surface area contributed by atoms with Gasteiger partial charge < -0.3 is 20.0 Å². The number of carboxylic acid groups (broad SMARTS) is 1. The Hall–Kier alpha value is -2.30. The van der Waals surface area contributed by atoms with Crippen LogP contribution in [0.15, 0.2) is 30.4 Å². The number of nitrogens with one attached hydrogen (secondary N) is 1. The van der Waals surface area contributed by atoms with Crippen molar-refractivity contribution < 1.29 is 19.4 Å². The Bertz CT molecular complexity index is 466. The van der Waals surface area contributed by atoms with Crippen molar-refractivity contribution in [1.82, 2.24) is 0 Å². The molecule has 0 saturated carbocycles. The lowest BCUT2D eigenvalue weighted by molar-refractivity contribution is -0.297. The van der Waals surface area contributed by atoms with Crippen molar-refractivity contribution in [3.63, 3.8) is 0 Å². The maximum absolute atomic E-state index is 11.4. The summed E-state index contributed by atoms with van der Waals surface area (Å²) in [6.07, 6.45) is 1.55. The molecule has 90 valence electrons. The largest absolute Gasteiger partial charge is 0.545 e. The third-order valence-electron chi connectivity index (χ3n) is 1.98. The van der Waals surface area contributed by atoms with Gasteiger partial charge >= 0.3 is 0 Å². The van der Waals surface area contributed by atoms with E-state index in [0.29, 0.717) is 17.5 Å². The van der Waals surface area contributed by atoms with Gasteiger partial charge in [0.2, 0.25) is 5.91 Å². The number of carbonyl (C=O) groups excluding carboxylic acids is 2. The quantitative estimate of drug-likeness (QED) is 0.757. The molecule has 0 aliphatic rings. The fourth-order valence-corrected chi connectivity index (χ4v) is 1.24. The molecule has 1 aromatic rings. The summed E-state index contributed by atoms with van der Waals surface area (Å²) in [5, 5.41) is 12.6. The van der Waals surface area contributed by atoms with Crippen molar-refractivity contribution in [1.29, 1.82) is 0 Å². The van der Waals surface area contributed by atoms with Crippen molar-refractivity contribution in [2.45, 2.75) is 6.92 Å². The highest BCUT2D eigenvalue weighted by molar-refractivity contribution is 6.02. The van der Waals surface area contributed by atoms with Gasteiger partial charge in [-0.05, 0) is 30.7 Å². The average molecular weight is 234 g/mol. The van der Waals surface area contributed by atoms with Crippen LogP contribution in [0.25, 0.3) is 0 Å². The number of carboxylic acids is 1. The van der Waals surface area contributed by atoms with Crippen LogP contribution in [0, 0.1) is 6.92 Å². The highest BCUT2D eigenvalue weighted by Gasteiger charge is 2.05. The summed E-state index contributed by atoms with van der Waals surface area (Å²) in [7, 11) is 1.48. The summed E-state index contributed by atoms with van der Waals surface area (Å²) in [6.45, 7) is 1.87. The van der Waals surface area contributed by atoms with Crippen LogP contribution in [0.2, 0.25) is 0 Å². The zero-order valence-electron chi connectivity index (χ0n) is 9.52. The number of aryl methyl sites for hydroxylation is 1. The Morgan fingerprint density at radius 3 is 2.65 bits per heavy atom. The van der Waals surface area contributed by atoms with Crippen molar-refractivity contribution in [3.8, 4) is 5.75 Å². The van der Waals surface area contributed by atoms with Crippen LogP contribution in [0.5, 0.6) is 5.75 Å². The molecular weight excluding hydrogens is 222 g/mol. The summed E-state index contributed by atoms with van der Waals surface area (Å²) in [5.41, 5.74) is 1.44. The lowest BCUT2D eigenvalue weighted by Gasteiger charge is -2.09. The molecule has 5 nitrogen and oxygen atoms in total. The molecule has 17 heavy (non-hydrogen) atoms. The molecule has 0 aromatic heterocycles. The van der Waals surface area contributed by atoms with Gasteiger partial charge in [-0.2, -0.15) is 0 Å². The fourth-order valence-electron chi connectivity index (χ4n) is 1.24. The highest BCUT2D eigenvalue weighted by Crippen LogP contribution is 2.24. The maximum Gasteiger partial charge on any atom is 0.248 e. The second kappa shape index (κ2) is 5.69. The number of rotatable bonds is 4. The average Bonchev–Trinajstić information content (AvgIpc) is 2.27. The number of benzene rings is 1. The summed E-state index contributed by atoms with van der Waals surface area (Å²) in [6, 6.07) is 5.28.